The highest BCUT2D eigenvalue weighted by Gasteiger charge is 2.22. The molecule has 0 saturated heterocycles. The molecule has 7 nitrogen and oxygen atoms in total. The molecule has 3 N–H and O–H groups in total. The summed E-state index contributed by atoms with van der Waals surface area (Å²) >= 11 is 6.50. The fraction of sp³-hybridized carbons (Fsp3) is 0.333. The lowest BCUT2D eigenvalue weighted by atomic mass is 10.0. The number of aryl methyl sites for hydroxylation is 1. The molecule has 2 heterocycles. The Morgan fingerprint density at radius 3 is 2.86 bits per heavy atom. The summed E-state index contributed by atoms with van der Waals surface area (Å²) in [5.41, 5.74) is 10.5. The van der Waals surface area contributed by atoms with E-state index >= 15 is 0 Å². The van der Waals surface area contributed by atoms with Gasteiger partial charge in [0.2, 0.25) is 5.91 Å². The van der Waals surface area contributed by atoms with Crippen molar-refractivity contribution in [2.24, 2.45) is 16.6 Å². The van der Waals surface area contributed by atoms with Gasteiger partial charge in [-0.05, 0) is 49.7 Å². The summed E-state index contributed by atoms with van der Waals surface area (Å²) in [4.78, 5) is 25.8. The molecule has 1 aromatic carbocycles. The second kappa shape index (κ2) is 11.3. The highest BCUT2D eigenvalue weighted by Crippen LogP contribution is 2.30. The van der Waals surface area contributed by atoms with Gasteiger partial charge in [0.25, 0.3) is 0 Å². The molecule has 1 aliphatic rings. The van der Waals surface area contributed by atoms with Crippen LogP contribution in [0.1, 0.15) is 48.1 Å². The number of aromatic nitrogens is 2. The SMILES string of the molecule is CN=C(/C=C\N)c1cc(C)nc2c(OCc3c(Cl)cncc3CNC(=O)C3CCCC3)cccc12. The molecule has 2 aromatic heterocycles. The minimum atomic E-state index is 0.0931. The number of carbonyl (C=O) groups excluding carboxylic acids is 1. The summed E-state index contributed by atoms with van der Waals surface area (Å²) in [5, 5.41) is 4.46. The Balaban J connectivity index is 1.59. The van der Waals surface area contributed by atoms with Crippen LogP contribution in [0.4, 0.5) is 0 Å². The number of halogens is 1. The largest absolute Gasteiger partial charge is 0.487 e. The van der Waals surface area contributed by atoms with Crippen molar-refractivity contribution in [2.45, 2.75) is 45.8 Å². The number of hydrogen-bond donors (Lipinski definition) is 2. The number of nitrogens with two attached hydrogens (primary N) is 1. The molecule has 4 rings (SSSR count). The first kappa shape index (κ1) is 24.7. The van der Waals surface area contributed by atoms with Crippen LogP contribution in [0.5, 0.6) is 5.75 Å². The smallest absolute Gasteiger partial charge is 0.223 e. The number of carbonyl (C=O) groups is 1. The van der Waals surface area contributed by atoms with Crippen molar-refractivity contribution >= 4 is 34.1 Å². The number of amides is 1. The topological polar surface area (TPSA) is 102 Å². The standard InChI is InChI=1S/C27H30ClN5O2/c1-17-12-21(24(30-2)10-11-29)20-8-5-9-25(26(20)33-17)35-16-22-19(13-31-15-23(22)28)14-32-27(34)18-6-3-4-7-18/h5,8-13,15,18H,3-4,6-7,14,16,29H2,1-2H3,(H,32,34)/b11-10-,30-24?. The van der Waals surface area contributed by atoms with E-state index in [1.165, 1.54) is 6.20 Å². The molecular formula is C27H30ClN5O2. The maximum absolute atomic E-state index is 12.5. The van der Waals surface area contributed by atoms with E-state index in [1.807, 2.05) is 31.2 Å². The predicted octanol–water partition coefficient (Wildman–Crippen LogP) is 4.87. The van der Waals surface area contributed by atoms with Crippen LogP contribution in [0.25, 0.3) is 10.9 Å². The monoisotopic (exact) mass is 491 g/mol. The van der Waals surface area contributed by atoms with Crippen LogP contribution in [0.2, 0.25) is 5.02 Å². The number of para-hydroxylation sites is 1. The van der Waals surface area contributed by atoms with Gasteiger partial charge in [0.1, 0.15) is 17.9 Å². The van der Waals surface area contributed by atoms with E-state index in [2.05, 4.69) is 15.3 Å². The van der Waals surface area contributed by atoms with E-state index in [0.29, 0.717) is 17.3 Å². The molecular weight excluding hydrogens is 462 g/mol. The van der Waals surface area contributed by atoms with Gasteiger partial charge < -0.3 is 15.8 Å². The first-order valence-corrected chi connectivity index (χ1v) is 12.2. The van der Waals surface area contributed by atoms with Gasteiger partial charge in [-0.25, -0.2) is 4.98 Å². The molecule has 0 unspecified atom stereocenters. The lowest BCUT2D eigenvalue weighted by molar-refractivity contribution is -0.124. The van der Waals surface area contributed by atoms with Crippen LogP contribution in [-0.4, -0.2) is 28.6 Å². The van der Waals surface area contributed by atoms with Gasteiger partial charge >= 0.3 is 0 Å². The van der Waals surface area contributed by atoms with Gasteiger partial charge in [0.15, 0.2) is 0 Å². The van der Waals surface area contributed by atoms with Crippen molar-refractivity contribution in [2.75, 3.05) is 7.05 Å². The summed E-state index contributed by atoms with van der Waals surface area (Å²) < 4.78 is 6.25. The van der Waals surface area contributed by atoms with Gasteiger partial charge in [-0.1, -0.05) is 36.6 Å². The second-order valence-corrected chi connectivity index (χ2v) is 9.09. The van der Waals surface area contributed by atoms with Gasteiger partial charge in [-0.15, -0.1) is 0 Å². The summed E-state index contributed by atoms with van der Waals surface area (Å²) in [5.74, 6) is 0.829. The van der Waals surface area contributed by atoms with Gasteiger partial charge in [-0.3, -0.25) is 14.8 Å². The number of benzene rings is 1. The molecule has 0 bridgehead atoms. The first-order valence-electron chi connectivity index (χ1n) is 11.8. The Labute approximate surface area is 210 Å². The third kappa shape index (κ3) is 5.62. The molecule has 1 amide bonds. The molecule has 0 spiro atoms. The number of allylic oxidation sites excluding steroid dienone is 1. The van der Waals surface area contributed by atoms with E-state index in [9.17, 15) is 4.79 Å². The molecule has 1 fully saturated rings. The first-order chi connectivity index (χ1) is 17.0. The van der Waals surface area contributed by atoms with Gasteiger partial charge in [0, 0.05) is 54.1 Å². The quantitative estimate of drug-likeness (QED) is 0.438. The number of hydrogen-bond acceptors (Lipinski definition) is 6. The van der Waals surface area contributed by atoms with Crippen molar-refractivity contribution in [3.05, 3.63) is 76.3 Å². The Hall–Kier alpha value is -3.45. The van der Waals surface area contributed by atoms with Crippen molar-refractivity contribution in [1.82, 2.24) is 15.3 Å². The van der Waals surface area contributed by atoms with Crippen molar-refractivity contribution in [1.29, 1.82) is 0 Å². The van der Waals surface area contributed by atoms with E-state index < -0.39 is 0 Å². The van der Waals surface area contributed by atoms with E-state index in [-0.39, 0.29) is 18.4 Å². The second-order valence-electron chi connectivity index (χ2n) is 8.68. The zero-order chi connectivity index (χ0) is 24.8. The lowest BCUT2D eigenvalue weighted by Crippen LogP contribution is -2.29. The third-order valence-corrected chi connectivity index (χ3v) is 6.67. The number of fused-ring (bicyclic) bond motifs is 1. The molecule has 35 heavy (non-hydrogen) atoms. The summed E-state index contributed by atoms with van der Waals surface area (Å²) in [6.07, 6.45) is 10.7. The third-order valence-electron chi connectivity index (χ3n) is 6.35. The van der Waals surface area contributed by atoms with Crippen LogP contribution in [0.3, 0.4) is 0 Å². The van der Waals surface area contributed by atoms with Crippen LogP contribution >= 0.6 is 11.6 Å². The average Bonchev–Trinajstić information content (AvgIpc) is 3.40. The molecule has 3 aromatic rings. The maximum atomic E-state index is 12.5. The van der Waals surface area contributed by atoms with Crippen molar-refractivity contribution < 1.29 is 9.53 Å². The molecule has 0 aliphatic heterocycles. The Morgan fingerprint density at radius 2 is 2.11 bits per heavy atom. The van der Waals surface area contributed by atoms with E-state index in [0.717, 1.165) is 64.7 Å². The van der Waals surface area contributed by atoms with E-state index in [1.54, 1.807) is 25.5 Å². The molecule has 8 heteroatoms. The van der Waals surface area contributed by atoms with Crippen molar-refractivity contribution in [3.8, 4) is 5.75 Å². The number of aliphatic imine (C=N–C) groups is 1. The van der Waals surface area contributed by atoms with Gasteiger partial charge in [-0.2, -0.15) is 0 Å². The predicted molar refractivity (Wildman–Crippen MR) is 140 cm³/mol. The maximum Gasteiger partial charge on any atom is 0.223 e. The molecule has 0 radical (unpaired) electrons. The summed E-state index contributed by atoms with van der Waals surface area (Å²) in [6.45, 7) is 2.52. The molecule has 1 aliphatic carbocycles. The highest BCUT2D eigenvalue weighted by atomic mass is 35.5. The number of pyridine rings is 2. The van der Waals surface area contributed by atoms with Crippen LogP contribution in [0.15, 0.2) is 53.9 Å². The zero-order valence-electron chi connectivity index (χ0n) is 20.1. The lowest BCUT2D eigenvalue weighted by Gasteiger charge is -2.16. The summed E-state index contributed by atoms with van der Waals surface area (Å²) in [7, 11) is 1.73. The number of nitrogens with one attached hydrogen (secondary N) is 1. The fourth-order valence-corrected chi connectivity index (χ4v) is 4.77. The van der Waals surface area contributed by atoms with Crippen molar-refractivity contribution in [3.63, 3.8) is 0 Å². The molecule has 1 saturated carbocycles. The van der Waals surface area contributed by atoms with Crippen LogP contribution in [-0.2, 0) is 17.9 Å². The molecule has 0 atom stereocenters. The number of nitrogens with zero attached hydrogens (tertiary/aromatic N) is 3. The molecule has 182 valence electrons. The van der Waals surface area contributed by atoms with Crippen LogP contribution < -0.4 is 15.8 Å². The van der Waals surface area contributed by atoms with Gasteiger partial charge in [0.05, 0.1) is 10.7 Å². The summed E-state index contributed by atoms with van der Waals surface area (Å²) in [6, 6.07) is 7.79. The average molecular weight is 492 g/mol. The highest BCUT2D eigenvalue weighted by molar-refractivity contribution is 6.31. The zero-order valence-corrected chi connectivity index (χ0v) is 20.8. The van der Waals surface area contributed by atoms with Crippen LogP contribution in [0, 0.1) is 12.8 Å². The Morgan fingerprint density at radius 1 is 1.31 bits per heavy atom. The minimum absolute atomic E-state index is 0.0931. The fourth-order valence-electron chi connectivity index (χ4n) is 4.54. The minimum Gasteiger partial charge on any atom is -0.487 e. The Bertz CT molecular complexity index is 1280. The Kier molecular flexibility index (Phi) is 7.98. The number of rotatable bonds is 8. The number of ether oxygens (including phenoxy) is 1. The normalized spacial score (nSPS) is 14.7. The van der Waals surface area contributed by atoms with E-state index in [4.69, 9.17) is 27.1 Å².